The lowest BCUT2D eigenvalue weighted by atomic mass is 9.75. The average molecular weight is 228 g/mol. The summed E-state index contributed by atoms with van der Waals surface area (Å²) in [6, 6.07) is 7.48. The number of carbonyl (C=O) groups is 1. The average Bonchev–Trinajstić information content (AvgIpc) is 2.37. The Kier molecular flexibility index (Phi) is 2.32. The van der Waals surface area contributed by atoms with Crippen molar-refractivity contribution in [2.24, 2.45) is 0 Å². The van der Waals surface area contributed by atoms with Crippen LogP contribution in [0.15, 0.2) is 36.4 Å². The van der Waals surface area contributed by atoms with Crippen LogP contribution in [0.25, 0.3) is 0 Å². The van der Waals surface area contributed by atoms with E-state index in [4.69, 9.17) is 4.74 Å². The highest BCUT2D eigenvalue weighted by molar-refractivity contribution is 6.12. The van der Waals surface area contributed by atoms with Gasteiger partial charge in [0.2, 0.25) is 0 Å². The molecule has 1 aliphatic carbocycles. The van der Waals surface area contributed by atoms with Gasteiger partial charge in [0.25, 0.3) is 0 Å². The fourth-order valence-corrected chi connectivity index (χ4v) is 2.91. The van der Waals surface area contributed by atoms with Crippen molar-refractivity contribution in [2.75, 3.05) is 0 Å². The predicted molar refractivity (Wildman–Crippen MR) is 66.4 cm³/mol. The standard InChI is InChI=1S/C15H16O2/c1-11-14(16)12-7-3-4-8-13(12)17-15(11)9-5-2-6-10-15/h3-4,7-8H,1-2,5-6,9-10H2. The summed E-state index contributed by atoms with van der Waals surface area (Å²) in [5.41, 5.74) is 0.897. The molecule has 0 amide bonds. The van der Waals surface area contributed by atoms with Gasteiger partial charge in [-0.05, 0) is 37.8 Å². The minimum atomic E-state index is -0.413. The topological polar surface area (TPSA) is 26.3 Å². The van der Waals surface area contributed by atoms with Gasteiger partial charge in [0, 0.05) is 5.57 Å². The highest BCUT2D eigenvalue weighted by Gasteiger charge is 2.44. The van der Waals surface area contributed by atoms with Crippen molar-refractivity contribution in [3.05, 3.63) is 42.0 Å². The quantitative estimate of drug-likeness (QED) is 0.635. The molecule has 3 rings (SSSR count). The van der Waals surface area contributed by atoms with E-state index >= 15 is 0 Å². The van der Waals surface area contributed by atoms with E-state index in [1.54, 1.807) is 0 Å². The summed E-state index contributed by atoms with van der Waals surface area (Å²) in [7, 11) is 0. The number of fused-ring (bicyclic) bond motifs is 1. The molecule has 0 radical (unpaired) electrons. The zero-order valence-corrected chi connectivity index (χ0v) is 9.87. The molecule has 1 aromatic carbocycles. The van der Waals surface area contributed by atoms with Gasteiger partial charge in [-0.3, -0.25) is 4.79 Å². The third-order valence-electron chi connectivity index (χ3n) is 3.92. The van der Waals surface area contributed by atoms with Gasteiger partial charge >= 0.3 is 0 Å². The number of rotatable bonds is 0. The molecule has 1 saturated carbocycles. The molecule has 0 saturated heterocycles. The molecule has 17 heavy (non-hydrogen) atoms. The van der Waals surface area contributed by atoms with Gasteiger partial charge in [-0.15, -0.1) is 0 Å². The molecule has 0 N–H and O–H groups in total. The minimum absolute atomic E-state index is 0.0637. The Morgan fingerprint density at radius 2 is 1.82 bits per heavy atom. The molecule has 1 fully saturated rings. The molecule has 0 atom stereocenters. The van der Waals surface area contributed by atoms with Crippen LogP contribution in [0.3, 0.4) is 0 Å². The second-order valence-corrected chi connectivity index (χ2v) is 4.96. The van der Waals surface area contributed by atoms with Crippen molar-refractivity contribution >= 4 is 5.78 Å². The van der Waals surface area contributed by atoms with Crippen molar-refractivity contribution in [3.8, 4) is 5.75 Å². The summed E-state index contributed by atoms with van der Waals surface area (Å²) < 4.78 is 6.12. The lowest BCUT2D eigenvalue weighted by Gasteiger charge is -2.42. The van der Waals surface area contributed by atoms with Crippen LogP contribution < -0.4 is 4.74 Å². The normalized spacial score (nSPS) is 22.1. The maximum Gasteiger partial charge on any atom is 0.196 e. The summed E-state index contributed by atoms with van der Waals surface area (Å²) in [6.07, 6.45) is 5.31. The first kappa shape index (κ1) is 10.6. The van der Waals surface area contributed by atoms with E-state index in [1.807, 2.05) is 24.3 Å². The maximum absolute atomic E-state index is 12.3. The first-order chi connectivity index (χ1) is 8.23. The van der Waals surface area contributed by atoms with Crippen LogP contribution >= 0.6 is 0 Å². The Morgan fingerprint density at radius 3 is 2.59 bits per heavy atom. The molecule has 2 nitrogen and oxygen atoms in total. The zero-order valence-electron chi connectivity index (χ0n) is 9.87. The molecule has 2 heteroatoms. The monoisotopic (exact) mass is 228 g/mol. The first-order valence-corrected chi connectivity index (χ1v) is 6.25. The third kappa shape index (κ3) is 1.51. The predicted octanol–water partition coefficient (Wildman–Crippen LogP) is 3.52. The number of hydrogen-bond donors (Lipinski definition) is 0. The molecule has 1 spiro atoms. The first-order valence-electron chi connectivity index (χ1n) is 6.25. The number of hydrogen-bond acceptors (Lipinski definition) is 2. The van der Waals surface area contributed by atoms with Gasteiger partial charge in [0.1, 0.15) is 11.4 Å². The number of ketones is 1. The van der Waals surface area contributed by atoms with E-state index < -0.39 is 5.60 Å². The van der Waals surface area contributed by atoms with Crippen LogP contribution in [0.4, 0.5) is 0 Å². The number of benzene rings is 1. The number of ether oxygens (including phenoxy) is 1. The van der Waals surface area contributed by atoms with E-state index in [9.17, 15) is 4.79 Å². The smallest absolute Gasteiger partial charge is 0.196 e. The number of carbonyl (C=O) groups excluding carboxylic acids is 1. The summed E-state index contributed by atoms with van der Waals surface area (Å²) in [5.74, 6) is 0.792. The van der Waals surface area contributed by atoms with Gasteiger partial charge in [-0.25, -0.2) is 0 Å². The van der Waals surface area contributed by atoms with Crippen LogP contribution in [0.1, 0.15) is 42.5 Å². The van der Waals surface area contributed by atoms with Crippen molar-refractivity contribution in [3.63, 3.8) is 0 Å². The fourth-order valence-electron chi connectivity index (χ4n) is 2.91. The van der Waals surface area contributed by atoms with E-state index in [0.29, 0.717) is 11.1 Å². The Balaban J connectivity index is 2.06. The molecular weight excluding hydrogens is 212 g/mol. The van der Waals surface area contributed by atoms with Gasteiger partial charge in [-0.2, -0.15) is 0 Å². The fraction of sp³-hybridized carbons (Fsp3) is 0.400. The summed E-state index contributed by atoms with van der Waals surface area (Å²) >= 11 is 0. The van der Waals surface area contributed by atoms with Crippen molar-refractivity contribution < 1.29 is 9.53 Å². The van der Waals surface area contributed by atoms with E-state index in [2.05, 4.69) is 6.58 Å². The summed E-state index contributed by atoms with van der Waals surface area (Å²) in [6.45, 7) is 4.00. The van der Waals surface area contributed by atoms with Crippen LogP contribution in [0.2, 0.25) is 0 Å². The van der Waals surface area contributed by atoms with Gasteiger partial charge < -0.3 is 4.74 Å². The van der Waals surface area contributed by atoms with E-state index in [0.717, 1.165) is 31.4 Å². The van der Waals surface area contributed by atoms with Crippen LogP contribution in [-0.2, 0) is 0 Å². The lowest BCUT2D eigenvalue weighted by molar-refractivity contribution is 0.0493. The van der Waals surface area contributed by atoms with Crippen molar-refractivity contribution in [2.45, 2.75) is 37.7 Å². The molecule has 88 valence electrons. The third-order valence-corrected chi connectivity index (χ3v) is 3.92. The molecule has 1 aliphatic heterocycles. The molecule has 0 aromatic heterocycles. The van der Waals surface area contributed by atoms with Crippen LogP contribution in [-0.4, -0.2) is 11.4 Å². The SMILES string of the molecule is C=C1C(=O)c2ccccc2OC12CCCCC2. The Labute approximate surface area is 101 Å². The lowest BCUT2D eigenvalue weighted by Crippen LogP contribution is -2.45. The number of para-hydroxylation sites is 1. The molecule has 1 aromatic rings. The largest absolute Gasteiger partial charge is 0.482 e. The van der Waals surface area contributed by atoms with Gasteiger partial charge in [-0.1, -0.05) is 25.1 Å². The molecular formula is C15H16O2. The van der Waals surface area contributed by atoms with Gasteiger partial charge in [0.05, 0.1) is 5.56 Å². The summed E-state index contributed by atoms with van der Waals surface area (Å²) in [5, 5.41) is 0. The van der Waals surface area contributed by atoms with Crippen molar-refractivity contribution in [1.29, 1.82) is 0 Å². The highest BCUT2D eigenvalue weighted by Crippen LogP contribution is 2.43. The maximum atomic E-state index is 12.3. The second kappa shape index (κ2) is 3.73. The highest BCUT2D eigenvalue weighted by atomic mass is 16.5. The van der Waals surface area contributed by atoms with E-state index in [-0.39, 0.29) is 5.78 Å². The van der Waals surface area contributed by atoms with Crippen LogP contribution in [0, 0.1) is 0 Å². The molecule has 0 bridgehead atoms. The Morgan fingerprint density at radius 1 is 1.12 bits per heavy atom. The Bertz CT molecular complexity index is 481. The Hall–Kier alpha value is -1.57. The molecule has 2 aliphatic rings. The summed E-state index contributed by atoms with van der Waals surface area (Å²) in [4.78, 5) is 12.3. The second-order valence-electron chi connectivity index (χ2n) is 4.96. The minimum Gasteiger partial charge on any atom is -0.482 e. The van der Waals surface area contributed by atoms with Crippen molar-refractivity contribution in [1.82, 2.24) is 0 Å². The van der Waals surface area contributed by atoms with Crippen LogP contribution in [0.5, 0.6) is 5.75 Å². The molecule has 1 heterocycles. The molecule has 0 unspecified atom stereocenters. The van der Waals surface area contributed by atoms with Gasteiger partial charge in [0.15, 0.2) is 5.78 Å². The number of Topliss-reactive ketones (excluding diaryl/α,β-unsaturated/α-hetero) is 1. The van der Waals surface area contributed by atoms with E-state index in [1.165, 1.54) is 6.42 Å². The zero-order chi connectivity index (χ0) is 11.9.